The fraction of sp³-hybridized carbons (Fsp3) is 0.632. The number of halogens is 1. The molecule has 1 unspecified atom stereocenters. The Hall–Kier alpha value is -0.660. The summed E-state index contributed by atoms with van der Waals surface area (Å²) in [5, 5.41) is 10.5. The van der Waals surface area contributed by atoms with Crippen LogP contribution in [-0.4, -0.2) is 28.5 Å². The minimum atomic E-state index is -0.460. The van der Waals surface area contributed by atoms with Gasteiger partial charge in [0.2, 0.25) is 0 Å². The zero-order valence-corrected chi connectivity index (χ0v) is 16.9. The molecule has 3 rings (SSSR count). The molecule has 1 N–H and O–H groups in total. The summed E-state index contributed by atoms with van der Waals surface area (Å²) in [6, 6.07) is 8.39. The van der Waals surface area contributed by atoms with Gasteiger partial charge in [-0.3, -0.25) is 0 Å². The van der Waals surface area contributed by atoms with Crippen molar-refractivity contribution in [1.29, 1.82) is 0 Å². The van der Waals surface area contributed by atoms with Crippen LogP contribution in [0.25, 0.3) is 11.0 Å². The maximum absolute atomic E-state index is 10.5. The van der Waals surface area contributed by atoms with Gasteiger partial charge in [0, 0.05) is 6.42 Å². The van der Waals surface area contributed by atoms with Gasteiger partial charge in [-0.2, -0.15) is 0 Å². The Balaban J connectivity index is 0.00000208. The molecule has 1 aliphatic carbocycles. The molecule has 0 bridgehead atoms. The van der Waals surface area contributed by atoms with E-state index in [1.807, 2.05) is 0 Å². The topological polar surface area (TPSA) is 38.3 Å². The minimum absolute atomic E-state index is 0. The Morgan fingerprint density at radius 2 is 1.96 bits per heavy atom. The molecule has 24 heavy (non-hydrogen) atoms. The van der Waals surface area contributed by atoms with Crippen molar-refractivity contribution >= 4 is 11.0 Å². The predicted molar refractivity (Wildman–Crippen MR) is 91.3 cm³/mol. The van der Waals surface area contributed by atoms with E-state index in [-0.39, 0.29) is 24.0 Å². The Bertz CT molecular complexity index is 650. The maximum atomic E-state index is 10.5. The van der Waals surface area contributed by atoms with Crippen molar-refractivity contribution in [2.75, 3.05) is 6.61 Å². The van der Waals surface area contributed by atoms with Crippen molar-refractivity contribution in [1.82, 2.24) is 4.57 Å². The third kappa shape index (κ3) is 4.29. The first-order valence-electron chi connectivity index (χ1n) is 8.96. The van der Waals surface area contributed by atoms with Crippen molar-refractivity contribution in [3.8, 4) is 0 Å². The molecule has 0 saturated heterocycles. The van der Waals surface area contributed by atoms with Crippen LogP contribution in [0, 0.1) is 0 Å². The highest BCUT2D eigenvalue weighted by Crippen LogP contribution is 2.21. The maximum Gasteiger partial charge on any atom is 0.256 e. The van der Waals surface area contributed by atoms with E-state index in [0.29, 0.717) is 19.3 Å². The number of aliphatic hydroxyl groups excluding tert-OH is 1. The average Bonchev–Trinajstić information content (AvgIpc) is 2.86. The van der Waals surface area contributed by atoms with E-state index in [1.54, 1.807) is 0 Å². The number of benzene rings is 1. The summed E-state index contributed by atoms with van der Waals surface area (Å²) in [5.41, 5.74) is 2.40. The minimum Gasteiger partial charge on any atom is -1.00 e. The second-order valence-electron chi connectivity index (χ2n) is 6.68. The molecule has 0 amide bonds. The number of ether oxygens (including phenoxy) is 1. The van der Waals surface area contributed by atoms with Crippen LogP contribution in [0.1, 0.15) is 44.9 Å². The molecular formula is C19H29IN2O2. The largest absolute Gasteiger partial charge is 1.00 e. The van der Waals surface area contributed by atoms with Crippen LogP contribution in [0.15, 0.2) is 24.3 Å². The van der Waals surface area contributed by atoms with Crippen LogP contribution in [0.5, 0.6) is 0 Å². The van der Waals surface area contributed by atoms with E-state index in [4.69, 9.17) is 4.74 Å². The molecule has 0 radical (unpaired) electrons. The number of rotatable bonds is 6. The molecule has 5 heteroatoms. The van der Waals surface area contributed by atoms with E-state index >= 15 is 0 Å². The first kappa shape index (κ1) is 19.7. The SMILES string of the molecule is CCc1n(CC(O)COC2CCCCC2)c2ccccc2[n+]1C.[I-]. The van der Waals surface area contributed by atoms with Gasteiger partial charge in [-0.05, 0) is 25.0 Å². The summed E-state index contributed by atoms with van der Waals surface area (Å²) in [5.74, 6) is 1.24. The van der Waals surface area contributed by atoms with E-state index in [2.05, 4.69) is 47.4 Å². The molecule has 1 saturated carbocycles. The van der Waals surface area contributed by atoms with Gasteiger partial charge in [-0.1, -0.05) is 38.3 Å². The summed E-state index contributed by atoms with van der Waals surface area (Å²) in [7, 11) is 2.10. The lowest BCUT2D eigenvalue weighted by atomic mass is 9.98. The van der Waals surface area contributed by atoms with Crippen LogP contribution in [0.4, 0.5) is 0 Å². The summed E-state index contributed by atoms with van der Waals surface area (Å²) >= 11 is 0. The first-order chi connectivity index (χ1) is 11.2. The van der Waals surface area contributed by atoms with E-state index in [9.17, 15) is 5.11 Å². The monoisotopic (exact) mass is 444 g/mol. The van der Waals surface area contributed by atoms with E-state index < -0.39 is 6.10 Å². The highest BCUT2D eigenvalue weighted by molar-refractivity contribution is 5.72. The molecule has 1 fully saturated rings. The molecule has 2 aromatic rings. The zero-order chi connectivity index (χ0) is 16.2. The fourth-order valence-corrected chi connectivity index (χ4v) is 3.81. The molecule has 134 valence electrons. The van der Waals surface area contributed by atoms with Gasteiger partial charge < -0.3 is 33.8 Å². The third-order valence-electron chi connectivity index (χ3n) is 5.02. The lowest BCUT2D eigenvalue weighted by molar-refractivity contribution is -0.653. The molecule has 1 heterocycles. The van der Waals surface area contributed by atoms with Crippen molar-refractivity contribution in [3.05, 3.63) is 30.1 Å². The van der Waals surface area contributed by atoms with Gasteiger partial charge in [-0.25, -0.2) is 9.13 Å². The number of aryl methyl sites for hydroxylation is 1. The highest BCUT2D eigenvalue weighted by atomic mass is 127. The predicted octanol–water partition coefficient (Wildman–Crippen LogP) is -0.258. The fourth-order valence-electron chi connectivity index (χ4n) is 3.81. The normalized spacial score (nSPS) is 17.0. The molecule has 1 aromatic carbocycles. The average molecular weight is 444 g/mol. The Morgan fingerprint density at radius 1 is 1.25 bits per heavy atom. The van der Waals surface area contributed by atoms with Crippen molar-refractivity contribution < 1.29 is 38.4 Å². The van der Waals surface area contributed by atoms with Gasteiger partial charge in [0.05, 0.1) is 19.8 Å². The van der Waals surface area contributed by atoms with Crippen molar-refractivity contribution in [2.45, 2.75) is 64.2 Å². The molecule has 1 atom stereocenters. The third-order valence-corrected chi connectivity index (χ3v) is 5.02. The summed E-state index contributed by atoms with van der Waals surface area (Å²) in [4.78, 5) is 0. The Morgan fingerprint density at radius 3 is 2.67 bits per heavy atom. The van der Waals surface area contributed by atoms with Gasteiger partial charge in [0.1, 0.15) is 12.6 Å². The summed E-state index contributed by atoms with van der Waals surface area (Å²) in [6.45, 7) is 3.19. The van der Waals surface area contributed by atoms with Crippen molar-refractivity contribution in [2.24, 2.45) is 7.05 Å². The number of hydrogen-bond donors (Lipinski definition) is 1. The summed E-state index contributed by atoms with van der Waals surface area (Å²) < 4.78 is 10.4. The number of nitrogens with zero attached hydrogens (tertiary/aromatic N) is 2. The molecule has 0 spiro atoms. The van der Waals surface area contributed by atoms with Crippen LogP contribution in [0.3, 0.4) is 0 Å². The Kier molecular flexibility index (Phi) is 7.50. The number of aliphatic hydroxyl groups is 1. The van der Waals surface area contributed by atoms with Crippen LogP contribution in [0.2, 0.25) is 0 Å². The molecule has 4 nitrogen and oxygen atoms in total. The lowest BCUT2D eigenvalue weighted by Crippen LogP contribution is -3.00. The summed E-state index contributed by atoms with van der Waals surface area (Å²) in [6.07, 6.45) is 6.98. The molecule has 0 aliphatic heterocycles. The van der Waals surface area contributed by atoms with Gasteiger partial charge in [-0.15, -0.1) is 0 Å². The Labute approximate surface area is 161 Å². The number of hydrogen-bond acceptors (Lipinski definition) is 2. The quantitative estimate of drug-likeness (QED) is 0.493. The number of fused-ring (bicyclic) bond motifs is 1. The van der Waals surface area contributed by atoms with Gasteiger partial charge >= 0.3 is 0 Å². The van der Waals surface area contributed by atoms with E-state index in [0.717, 1.165) is 19.3 Å². The first-order valence-corrected chi connectivity index (χ1v) is 8.96. The smallest absolute Gasteiger partial charge is 0.256 e. The van der Waals surface area contributed by atoms with E-state index in [1.165, 1.54) is 36.1 Å². The molecular weight excluding hydrogens is 415 g/mol. The molecule has 1 aliphatic rings. The number of para-hydroxylation sites is 2. The second-order valence-corrected chi connectivity index (χ2v) is 6.68. The molecule has 1 aromatic heterocycles. The van der Waals surface area contributed by atoms with Crippen LogP contribution in [-0.2, 0) is 24.8 Å². The number of aromatic nitrogens is 2. The van der Waals surface area contributed by atoms with Crippen LogP contribution < -0.4 is 28.5 Å². The number of imidazole rings is 1. The lowest BCUT2D eigenvalue weighted by Gasteiger charge is -2.23. The zero-order valence-electron chi connectivity index (χ0n) is 14.7. The van der Waals surface area contributed by atoms with Crippen molar-refractivity contribution in [3.63, 3.8) is 0 Å². The highest BCUT2D eigenvalue weighted by Gasteiger charge is 2.24. The standard InChI is InChI=1S/C19H29N2O2.HI/c1-3-19-20(2)17-11-7-8-12-18(17)21(19)13-15(22)14-23-16-9-5-4-6-10-16;/h7-8,11-12,15-16,22H,3-6,9-10,13-14H2,1-2H3;1H/q+1;/p-1. The van der Waals surface area contributed by atoms with Crippen LogP contribution >= 0.6 is 0 Å². The second kappa shape index (κ2) is 9.15. The van der Waals surface area contributed by atoms with Gasteiger partial charge in [0.25, 0.3) is 5.82 Å². The van der Waals surface area contributed by atoms with Gasteiger partial charge in [0.15, 0.2) is 11.0 Å².